The number of hydrogen-bond donors (Lipinski definition) is 3. The molecule has 1 aliphatic carbocycles. The van der Waals surface area contributed by atoms with Crippen LogP contribution in [0.5, 0.6) is 0 Å². The van der Waals surface area contributed by atoms with E-state index in [0.29, 0.717) is 37.1 Å². The predicted molar refractivity (Wildman–Crippen MR) is 174 cm³/mol. The molecular weight excluding hydrogens is 574 g/mol. The number of hydrogen-bond acceptors (Lipinski definition) is 7. The molecule has 0 spiro atoms. The number of nitrogens with two attached hydrogens (primary N) is 1. The second-order valence-corrected chi connectivity index (χ2v) is 12.5. The lowest BCUT2D eigenvalue weighted by atomic mass is 9.89. The number of carbonyl (C=O) groups excluding carboxylic acids is 2. The predicted octanol–water partition coefficient (Wildman–Crippen LogP) is 4.79. The molecule has 2 saturated heterocycles. The summed E-state index contributed by atoms with van der Waals surface area (Å²) in [4.78, 5) is 30.8. The first-order valence-corrected chi connectivity index (χ1v) is 15.5. The lowest BCUT2D eigenvalue weighted by molar-refractivity contribution is -0.133. The molecule has 3 aliphatic rings. The van der Waals surface area contributed by atoms with Gasteiger partial charge >= 0.3 is 0 Å². The number of carbonyl (C=O) groups is 2. The van der Waals surface area contributed by atoms with Crippen LogP contribution in [0.4, 0.5) is 5.69 Å². The summed E-state index contributed by atoms with van der Waals surface area (Å²) in [5, 5.41) is 10.2. The van der Waals surface area contributed by atoms with Crippen LogP contribution in [0.3, 0.4) is 0 Å². The second-order valence-electron chi connectivity index (χ2n) is 12.5. The summed E-state index contributed by atoms with van der Waals surface area (Å²) in [7, 11) is 0. The Morgan fingerprint density at radius 3 is 2.55 bits per heavy atom. The van der Waals surface area contributed by atoms with Gasteiger partial charge in [-0.05, 0) is 110 Å². The molecule has 9 nitrogen and oxygen atoms in total. The minimum Gasteiger partial charge on any atom is -0.374 e. The third-order valence-electron chi connectivity index (χ3n) is 9.66. The molecule has 2 aromatic heterocycles. The van der Waals surface area contributed by atoms with E-state index in [0.717, 1.165) is 60.5 Å². The van der Waals surface area contributed by atoms with E-state index < -0.39 is 0 Å². The molecule has 3 atom stereocenters. The molecule has 7 rings (SSSR count). The topological polar surface area (TPSA) is 118 Å². The van der Waals surface area contributed by atoms with E-state index in [2.05, 4.69) is 87.3 Å². The van der Waals surface area contributed by atoms with E-state index in [-0.39, 0.29) is 30.3 Å². The Hall–Kier alpha value is -3.79. The van der Waals surface area contributed by atoms with Crippen molar-refractivity contribution in [3.8, 4) is 11.3 Å². The van der Waals surface area contributed by atoms with E-state index in [1.807, 2.05) is 4.52 Å². The van der Waals surface area contributed by atoms with E-state index >= 15 is 0 Å². The van der Waals surface area contributed by atoms with E-state index in [9.17, 15) is 9.59 Å². The van der Waals surface area contributed by atoms with Crippen molar-refractivity contribution in [3.63, 3.8) is 0 Å². The Labute approximate surface area is 264 Å². The quantitative estimate of drug-likeness (QED) is 0.245. The summed E-state index contributed by atoms with van der Waals surface area (Å²) in [6.45, 7) is 6.04. The lowest BCUT2D eigenvalue weighted by Gasteiger charge is -2.32. The molecule has 4 aromatic rings. The standard InChI is InChI=1S/C34H39N7O2.ClH/c1-21-14-24(2-3-25(21)17-35)33-31-16-27(19-41(31)37-20-36-33)29-15-26(29)18-40-12-10-23(11-13-40)22-4-6-28(7-5-22)38-30-8-9-32(42)39-34(30)43;/h2-7,14,16,19-20,23,26,29-30,38H,8-13,15,17-18,35H2,1H3,(H,39,42,43);1H. The second kappa shape index (κ2) is 12.7. The van der Waals surface area contributed by atoms with Crippen LogP contribution in [0, 0.1) is 12.8 Å². The summed E-state index contributed by atoms with van der Waals surface area (Å²) in [6.07, 6.45) is 8.30. The number of aromatic nitrogens is 3. The molecule has 1 saturated carbocycles. The van der Waals surface area contributed by atoms with Gasteiger partial charge in [-0.3, -0.25) is 14.9 Å². The average Bonchev–Trinajstić information content (AvgIpc) is 3.64. The van der Waals surface area contributed by atoms with Crippen molar-refractivity contribution in [3.05, 3.63) is 83.3 Å². The Bertz CT molecular complexity index is 1660. The molecule has 4 heterocycles. The van der Waals surface area contributed by atoms with Gasteiger partial charge in [-0.1, -0.05) is 24.3 Å². The highest BCUT2D eigenvalue weighted by atomic mass is 35.5. The molecule has 2 aromatic carbocycles. The van der Waals surface area contributed by atoms with Crippen LogP contribution in [0.15, 0.2) is 61.1 Å². The summed E-state index contributed by atoms with van der Waals surface area (Å²) in [6, 6.07) is 16.8. The van der Waals surface area contributed by atoms with Crippen molar-refractivity contribution in [2.75, 3.05) is 25.0 Å². The van der Waals surface area contributed by atoms with Gasteiger partial charge in [0.15, 0.2) is 0 Å². The van der Waals surface area contributed by atoms with Gasteiger partial charge in [0.1, 0.15) is 12.4 Å². The minimum absolute atomic E-state index is 0. The Morgan fingerprint density at radius 2 is 1.82 bits per heavy atom. The molecule has 0 bridgehead atoms. The number of aryl methyl sites for hydroxylation is 1. The molecule has 230 valence electrons. The van der Waals surface area contributed by atoms with Crippen LogP contribution < -0.4 is 16.4 Å². The molecule has 0 radical (unpaired) electrons. The number of fused-ring (bicyclic) bond motifs is 1. The highest BCUT2D eigenvalue weighted by Gasteiger charge is 2.40. The summed E-state index contributed by atoms with van der Waals surface area (Å²) < 4.78 is 1.98. The van der Waals surface area contributed by atoms with E-state index in [1.54, 1.807) is 6.33 Å². The summed E-state index contributed by atoms with van der Waals surface area (Å²) in [5.41, 5.74) is 15.0. The molecule has 3 unspecified atom stereocenters. The average molecular weight is 614 g/mol. The van der Waals surface area contributed by atoms with Gasteiger partial charge in [-0.2, -0.15) is 5.10 Å². The zero-order valence-corrected chi connectivity index (χ0v) is 25.9. The molecule has 10 heteroatoms. The van der Waals surface area contributed by atoms with Crippen LogP contribution in [0.25, 0.3) is 16.8 Å². The van der Waals surface area contributed by atoms with Crippen molar-refractivity contribution in [1.29, 1.82) is 0 Å². The van der Waals surface area contributed by atoms with Crippen LogP contribution >= 0.6 is 12.4 Å². The zero-order chi connectivity index (χ0) is 29.5. The number of nitrogens with one attached hydrogen (secondary N) is 2. The van der Waals surface area contributed by atoms with Crippen LogP contribution in [-0.2, 0) is 16.1 Å². The molecule has 2 aliphatic heterocycles. The molecular formula is C34H40ClN7O2. The Morgan fingerprint density at radius 1 is 1.02 bits per heavy atom. The van der Waals surface area contributed by atoms with Crippen molar-refractivity contribution in [2.24, 2.45) is 11.7 Å². The first-order chi connectivity index (χ1) is 20.9. The van der Waals surface area contributed by atoms with Gasteiger partial charge in [-0.25, -0.2) is 9.50 Å². The number of piperidine rings is 2. The lowest BCUT2D eigenvalue weighted by Crippen LogP contribution is -2.47. The minimum atomic E-state index is -0.350. The monoisotopic (exact) mass is 613 g/mol. The third kappa shape index (κ3) is 6.22. The van der Waals surface area contributed by atoms with Crippen molar-refractivity contribution < 1.29 is 9.59 Å². The first kappa shape index (κ1) is 30.2. The largest absolute Gasteiger partial charge is 0.374 e. The Balaban J connectivity index is 0.00000343. The van der Waals surface area contributed by atoms with Crippen molar-refractivity contribution >= 4 is 35.4 Å². The number of nitrogens with zero attached hydrogens (tertiary/aromatic N) is 4. The number of rotatable bonds is 8. The van der Waals surface area contributed by atoms with Crippen LogP contribution in [0.2, 0.25) is 0 Å². The highest BCUT2D eigenvalue weighted by Crippen LogP contribution is 2.49. The molecule has 3 fully saturated rings. The smallest absolute Gasteiger partial charge is 0.249 e. The van der Waals surface area contributed by atoms with Gasteiger partial charge in [0, 0.05) is 37.0 Å². The first-order valence-electron chi connectivity index (χ1n) is 15.5. The number of imide groups is 1. The van der Waals surface area contributed by atoms with Crippen molar-refractivity contribution in [1.82, 2.24) is 24.8 Å². The fourth-order valence-electron chi connectivity index (χ4n) is 6.97. The van der Waals surface area contributed by atoms with Gasteiger partial charge < -0.3 is 16.0 Å². The number of halogens is 1. The normalized spacial score (nSPS) is 22.5. The molecule has 2 amide bonds. The molecule has 44 heavy (non-hydrogen) atoms. The zero-order valence-electron chi connectivity index (χ0n) is 25.0. The fourth-order valence-corrected chi connectivity index (χ4v) is 6.97. The van der Waals surface area contributed by atoms with Gasteiger partial charge in [-0.15, -0.1) is 12.4 Å². The van der Waals surface area contributed by atoms with Crippen LogP contribution in [-0.4, -0.2) is 57.0 Å². The number of benzene rings is 2. The summed E-state index contributed by atoms with van der Waals surface area (Å²) >= 11 is 0. The maximum absolute atomic E-state index is 12.1. The number of anilines is 1. The van der Waals surface area contributed by atoms with Gasteiger partial charge in [0.25, 0.3) is 0 Å². The third-order valence-corrected chi connectivity index (χ3v) is 9.66. The molecule has 4 N–H and O–H groups in total. The maximum atomic E-state index is 12.1. The highest BCUT2D eigenvalue weighted by molar-refractivity contribution is 6.01. The van der Waals surface area contributed by atoms with Gasteiger partial charge in [0.05, 0.1) is 11.2 Å². The maximum Gasteiger partial charge on any atom is 0.249 e. The Kier molecular flexibility index (Phi) is 8.71. The van der Waals surface area contributed by atoms with Gasteiger partial charge in [0.2, 0.25) is 11.8 Å². The van der Waals surface area contributed by atoms with Crippen LogP contribution in [0.1, 0.15) is 66.2 Å². The summed E-state index contributed by atoms with van der Waals surface area (Å²) in [5.74, 6) is 1.41. The fraction of sp³-hybridized carbons (Fsp3) is 0.412. The van der Waals surface area contributed by atoms with Crippen molar-refractivity contribution in [2.45, 2.75) is 63.5 Å². The van der Waals surface area contributed by atoms with E-state index in [1.165, 1.54) is 23.1 Å². The van der Waals surface area contributed by atoms with E-state index in [4.69, 9.17) is 5.73 Å². The SMILES string of the molecule is Cc1cc(-c2ncnn3cc(C4CC4CN4CCC(c5ccc(NC6CCC(=O)NC6=O)cc5)CC4)cc23)ccc1CN.Cl. The number of likely N-dealkylation sites (tertiary alicyclic amines) is 1. The number of amides is 2.